The van der Waals surface area contributed by atoms with E-state index < -0.39 is 0 Å². The van der Waals surface area contributed by atoms with Gasteiger partial charge in [-0.1, -0.05) is 54.6 Å². The number of para-hydroxylation sites is 3. The molecule has 0 radical (unpaired) electrons. The van der Waals surface area contributed by atoms with Crippen LogP contribution in [0.4, 0.5) is 0 Å². The fraction of sp³-hybridized carbons (Fsp3) is 0.182. The molecule has 3 nitrogen and oxygen atoms in total. The molecule has 0 aliphatic carbocycles. The highest BCUT2D eigenvalue weighted by Gasteiger charge is 2.20. The molecule has 3 aromatic rings. The van der Waals surface area contributed by atoms with Gasteiger partial charge in [-0.2, -0.15) is 0 Å². The quantitative estimate of drug-likeness (QED) is 0.597. The third kappa shape index (κ3) is 3.94. The highest BCUT2D eigenvalue weighted by atomic mass is 16.3. The second-order valence-corrected chi connectivity index (χ2v) is 6.19. The van der Waals surface area contributed by atoms with Crippen LogP contribution in [-0.2, 0) is 6.42 Å². The van der Waals surface area contributed by atoms with E-state index in [9.17, 15) is 15.3 Å². The van der Waals surface area contributed by atoms with Crippen LogP contribution in [0.3, 0.4) is 0 Å². The Morgan fingerprint density at radius 1 is 0.600 bits per heavy atom. The first-order chi connectivity index (χ1) is 12.2. The zero-order chi connectivity index (χ0) is 17.6. The minimum absolute atomic E-state index is 0.103. The van der Waals surface area contributed by atoms with Crippen molar-refractivity contribution in [1.29, 1.82) is 0 Å². The lowest BCUT2D eigenvalue weighted by atomic mass is 9.85. The van der Waals surface area contributed by atoms with Gasteiger partial charge in [0.15, 0.2) is 0 Å². The standard InChI is InChI=1S/C22H22O3/c23-20-13-4-1-8-16(20)9-7-12-17(18-10-2-5-14-21(18)24)19-11-3-6-15-22(19)25/h1-6,8,10-11,13-15,17,23-25H,7,9,12H2. The molecule has 0 aliphatic heterocycles. The zero-order valence-corrected chi connectivity index (χ0v) is 14.0. The minimum atomic E-state index is -0.103. The predicted molar refractivity (Wildman–Crippen MR) is 99.1 cm³/mol. The molecule has 3 N–H and O–H groups in total. The van der Waals surface area contributed by atoms with Gasteiger partial charge in [-0.15, -0.1) is 0 Å². The lowest BCUT2D eigenvalue weighted by Gasteiger charge is -2.20. The van der Waals surface area contributed by atoms with E-state index in [2.05, 4.69) is 0 Å². The number of hydrogen-bond donors (Lipinski definition) is 3. The van der Waals surface area contributed by atoms with Crippen LogP contribution in [0.15, 0.2) is 72.8 Å². The predicted octanol–water partition coefficient (Wildman–Crippen LogP) is 4.96. The summed E-state index contributed by atoms with van der Waals surface area (Å²) in [6, 6.07) is 21.9. The van der Waals surface area contributed by atoms with Gasteiger partial charge in [-0.3, -0.25) is 0 Å². The van der Waals surface area contributed by atoms with Crippen molar-refractivity contribution >= 4 is 0 Å². The smallest absolute Gasteiger partial charge is 0.119 e. The van der Waals surface area contributed by atoms with Crippen molar-refractivity contribution in [2.75, 3.05) is 0 Å². The van der Waals surface area contributed by atoms with Crippen molar-refractivity contribution in [1.82, 2.24) is 0 Å². The summed E-state index contributed by atoms with van der Waals surface area (Å²) in [6.45, 7) is 0. The van der Waals surface area contributed by atoms with Gasteiger partial charge in [-0.25, -0.2) is 0 Å². The maximum absolute atomic E-state index is 10.3. The normalized spacial score (nSPS) is 10.9. The molecule has 0 atom stereocenters. The van der Waals surface area contributed by atoms with Crippen molar-refractivity contribution in [3.8, 4) is 17.2 Å². The summed E-state index contributed by atoms with van der Waals surface area (Å²) >= 11 is 0. The Hall–Kier alpha value is -2.94. The Kier molecular flexibility index (Phi) is 5.24. The van der Waals surface area contributed by atoms with Crippen LogP contribution < -0.4 is 0 Å². The maximum Gasteiger partial charge on any atom is 0.119 e. The number of rotatable bonds is 6. The monoisotopic (exact) mass is 334 g/mol. The van der Waals surface area contributed by atoms with E-state index in [1.165, 1.54) is 0 Å². The van der Waals surface area contributed by atoms with Gasteiger partial charge >= 0.3 is 0 Å². The van der Waals surface area contributed by atoms with Gasteiger partial charge in [0.2, 0.25) is 0 Å². The van der Waals surface area contributed by atoms with Gasteiger partial charge in [-0.05, 0) is 43.0 Å². The summed E-state index contributed by atoms with van der Waals surface area (Å²) in [4.78, 5) is 0. The minimum Gasteiger partial charge on any atom is -0.508 e. The first-order valence-corrected chi connectivity index (χ1v) is 8.49. The molecule has 0 fully saturated rings. The van der Waals surface area contributed by atoms with E-state index in [1.54, 1.807) is 30.3 Å². The molecule has 0 saturated carbocycles. The van der Waals surface area contributed by atoms with Crippen molar-refractivity contribution in [3.63, 3.8) is 0 Å². The first kappa shape index (κ1) is 16.9. The summed E-state index contributed by atoms with van der Waals surface area (Å²) in [5, 5.41) is 30.5. The molecule has 0 aromatic heterocycles. The largest absolute Gasteiger partial charge is 0.508 e. The number of phenolic OH excluding ortho intramolecular Hbond substituents is 3. The van der Waals surface area contributed by atoms with Gasteiger partial charge in [0.25, 0.3) is 0 Å². The Labute approximate surface area is 147 Å². The SMILES string of the molecule is Oc1ccccc1CCCC(c1ccccc1O)c1ccccc1O. The molecule has 0 heterocycles. The van der Waals surface area contributed by atoms with Crippen LogP contribution in [0, 0.1) is 0 Å². The number of hydrogen-bond acceptors (Lipinski definition) is 3. The molecule has 3 aromatic carbocycles. The lowest BCUT2D eigenvalue weighted by Crippen LogP contribution is -2.03. The van der Waals surface area contributed by atoms with Crippen LogP contribution in [0.25, 0.3) is 0 Å². The number of phenols is 3. The van der Waals surface area contributed by atoms with Crippen LogP contribution in [0.2, 0.25) is 0 Å². The van der Waals surface area contributed by atoms with E-state index in [1.807, 2.05) is 42.5 Å². The van der Waals surface area contributed by atoms with Crippen LogP contribution in [-0.4, -0.2) is 15.3 Å². The van der Waals surface area contributed by atoms with E-state index in [4.69, 9.17) is 0 Å². The molecule has 0 spiro atoms. The summed E-state index contributed by atoms with van der Waals surface area (Å²) in [7, 11) is 0. The molecule has 3 heteroatoms. The maximum atomic E-state index is 10.3. The molecule has 128 valence electrons. The Balaban J connectivity index is 1.84. The molecule has 0 saturated heterocycles. The average molecular weight is 334 g/mol. The average Bonchev–Trinajstić information content (AvgIpc) is 2.62. The van der Waals surface area contributed by atoms with Gasteiger partial charge in [0, 0.05) is 17.0 Å². The molecular weight excluding hydrogens is 312 g/mol. The topological polar surface area (TPSA) is 60.7 Å². The van der Waals surface area contributed by atoms with Gasteiger partial charge in [0.1, 0.15) is 17.2 Å². The Morgan fingerprint density at radius 3 is 1.60 bits per heavy atom. The number of aromatic hydroxyl groups is 3. The molecule has 25 heavy (non-hydrogen) atoms. The molecule has 0 bridgehead atoms. The van der Waals surface area contributed by atoms with Crippen molar-refractivity contribution in [3.05, 3.63) is 89.5 Å². The third-order valence-corrected chi connectivity index (χ3v) is 4.55. The van der Waals surface area contributed by atoms with Crippen molar-refractivity contribution in [2.45, 2.75) is 25.2 Å². The summed E-state index contributed by atoms with van der Waals surface area (Å²) in [6.07, 6.45) is 2.32. The highest BCUT2D eigenvalue weighted by molar-refractivity contribution is 5.46. The summed E-state index contributed by atoms with van der Waals surface area (Å²) < 4.78 is 0. The van der Waals surface area contributed by atoms with E-state index >= 15 is 0 Å². The van der Waals surface area contributed by atoms with Gasteiger partial charge < -0.3 is 15.3 Å². The first-order valence-electron chi connectivity index (χ1n) is 8.49. The highest BCUT2D eigenvalue weighted by Crippen LogP contribution is 2.38. The molecule has 0 unspecified atom stereocenters. The fourth-order valence-electron chi connectivity index (χ4n) is 3.26. The summed E-state index contributed by atoms with van der Waals surface area (Å²) in [5.41, 5.74) is 2.53. The van der Waals surface area contributed by atoms with Crippen LogP contribution in [0.5, 0.6) is 17.2 Å². The summed E-state index contributed by atoms with van der Waals surface area (Å²) in [5.74, 6) is 0.675. The molecule has 0 aliphatic rings. The molecular formula is C22H22O3. The lowest BCUT2D eigenvalue weighted by molar-refractivity contribution is 0.447. The Morgan fingerprint density at radius 2 is 1.08 bits per heavy atom. The van der Waals surface area contributed by atoms with E-state index in [0.717, 1.165) is 36.0 Å². The van der Waals surface area contributed by atoms with Crippen molar-refractivity contribution in [2.24, 2.45) is 0 Å². The van der Waals surface area contributed by atoms with E-state index in [-0.39, 0.29) is 17.4 Å². The van der Waals surface area contributed by atoms with Crippen LogP contribution >= 0.6 is 0 Å². The number of aryl methyl sites for hydroxylation is 1. The van der Waals surface area contributed by atoms with E-state index in [0.29, 0.717) is 5.75 Å². The molecule has 0 amide bonds. The third-order valence-electron chi connectivity index (χ3n) is 4.55. The number of benzene rings is 3. The fourth-order valence-corrected chi connectivity index (χ4v) is 3.26. The Bertz CT molecular complexity index is 796. The molecule has 3 rings (SSSR count). The van der Waals surface area contributed by atoms with Crippen molar-refractivity contribution < 1.29 is 15.3 Å². The van der Waals surface area contributed by atoms with Crippen LogP contribution in [0.1, 0.15) is 35.4 Å². The zero-order valence-electron chi connectivity index (χ0n) is 14.0. The second-order valence-electron chi connectivity index (χ2n) is 6.19. The second kappa shape index (κ2) is 7.75. The van der Waals surface area contributed by atoms with Gasteiger partial charge in [0.05, 0.1) is 0 Å².